The van der Waals surface area contributed by atoms with Crippen LogP contribution in [0.2, 0.25) is 0 Å². The Hall–Kier alpha value is -0.960. The summed E-state index contributed by atoms with van der Waals surface area (Å²) < 4.78 is 0. The lowest BCUT2D eigenvalue weighted by Crippen LogP contribution is -2.21. The first-order valence-corrected chi connectivity index (χ1v) is 6.26. The minimum absolute atomic E-state index is 0.301. The summed E-state index contributed by atoms with van der Waals surface area (Å²) >= 11 is 0. The Kier molecular flexibility index (Phi) is 6.01. The Morgan fingerprint density at radius 1 is 1.19 bits per heavy atom. The van der Waals surface area contributed by atoms with E-state index in [0.29, 0.717) is 6.04 Å². The maximum atomic E-state index is 4.37. The number of aromatic nitrogens is 2. The van der Waals surface area contributed by atoms with Gasteiger partial charge in [0.2, 0.25) is 0 Å². The van der Waals surface area contributed by atoms with Crippen LogP contribution in [0.1, 0.15) is 57.0 Å². The minimum Gasteiger partial charge on any atom is -0.309 e. The van der Waals surface area contributed by atoms with E-state index in [1.807, 2.05) is 6.92 Å². The lowest BCUT2D eigenvalue weighted by atomic mass is 10.1. The van der Waals surface area contributed by atoms with Crippen LogP contribution in [0.3, 0.4) is 0 Å². The molecular formula is C13H23N3. The molecule has 1 aromatic heterocycles. The average molecular weight is 221 g/mol. The van der Waals surface area contributed by atoms with E-state index in [-0.39, 0.29) is 0 Å². The van der Waals surface area contributed by atoms with Gasteiger partial charge in [-0.2, -0.15) is 0 Å². The second-order valence-corrected chi connectivity index (χ2v) is 4.26. The van der Waals surface area contributed by atoms with Crippen molar-refractivity contribution in [3.05, 3.63) is 23.8 Å². The molecule has 0 aliphatic rings. The second kappa shape index (κ2) is 7.34. The molecule has 1 atom stereocenters. The number of aryl methyl sites for hydroxylation is 1. The van der Waals surface area contributed by atoms with Crippen LogP contribution in [-0.4, -0.2) is 16.5 Å². The molecule has 1 rings (SSSR count). The monoisotopic (exact) mass is 221 g/mol. The van der Waals surface area contributed by atoms with E-state index in [1.165, 1.54) is 25.7 Å². The highest BCUT2D eigenvalue weighted by Crippen LogP contribution is 2.11. The summed E-state index contributed by atoms with van der Waals surface area (Å²) in [5.74, 6) is 0. The first-order chi connectivity index (χ1) is 7.75. The van der Waals surface area contributed by atoms with Gasteiger partial charge >= 0.3 is 0 Å². The summed E-state index contributed by atoms with van der Waals surface area (Å²) in [6.07, 6.45) is 8.69. The van der Waals surface area contributed by atoms with Gasteiger partial charge in [0.1, 0.15) is 0 Å². The van der Waals surface area contributed by atoms with E-state index >= 15 is 0 Å². The molecule has 0 spiro atoms. The Balaban J connectivity index is 2.30. The van der Waals surface area contributed by atoms with Gasteiger partial charge < -0.3 is 5.32 Å². The first-order valence-electron chi connectivity index (χ1n) is 6.26. The van der Waals surface area contributed by atoms with Crippen molar-refractivity contribution in [2.24, 2.45) is 0 Å². The molecule has 3 nitrogen and oxygen atoms in total. The van der Waals surface area contributed by atoms with Crippen molar-refractivity contribution in [2.75, 3.05) is 6.54 Å². The fourth-order valence-corrected chi connectivity index (χ4v) is 1.81. The van der Waals surface area contributed by atoms with Crippen molar-refractivity contribution in [1.82, 2.24) is 15.3 Å². The van der Waals surface area contributed by atoms with E-state index in [2.05, 4.69) is 29.1 Å². The van der Waals surface area contributed by atoms with Crippen molar-refractivity contribution in [1.29, 1.82) is 0 Å². The van der Waals surface area contributed by atoms with Crippen LogP contribution >= 0.6 is 0 Å². The van der Waals surface area contributed by atoms with Crippen LogP contribution < -0.4 is 5.32 Å². The maximum Gasteiger partial charge on any atom is 0.0782 e. The van der Waals surface area contributed by atoms with Crippen LogP contribution in [-0.2, 0) is 0 Å². The summed E-state index contributed by atoms with van der Waals surface area (Å²) in [6.45, 7) is 7.46. The third-order valence-electron chi connectivity index (χ3n) is 2.81. The van der Waals surface area contributed by atoms with Gasteiger partial charge in [-0.3, -0.25) is 9.97 Å². The fraction of sp³-hybridized carbons (Fsp3) is 0.692. The summed E-state index contributed by atoms with van der Waals surface area (Å²) in [6, 6.07) is 0.301. The zero-order chi connectivity index (χ0) is 11.8. The molecule has 3 heteroatoms. The van der Waals surface area contributed by atoms with Gasteiger partial charge in [-0.1, -0.05) is 26.2 Å². The molecule has 0 amide bonds. The Bertz CT molecular complexity index is 299. The first kappa shape index (κ1) is 13.1. The smallest absolute Gasteiger partial charge is 0.0782 e. The van der Waals surface area contributed by atoms with Gasteiger partial charge in [-0.05, 0) is 26.8 Å². The molecule has 16 heavy (non-hydrogen) atoms. The van der Waals surface area contributed by atoms with Gasteiger partial charge in [0, 0.05) is 18.4 Å². The molecule has 0 fully saturated rings. The van der Waals surface area contributed by atoms with Crippen LogP contribution in [0.5, 0.6) is 0 Å². The van der Waals surface area contributed by atoms with Gasteiger partial charge in [-0.25, -0.2) is 0 Å². The summed E-state index contributed by atoms with van der Waals surface area (Å²) in [4.78, 5) is 8.62. The second-order valence-electron chi connectivity index (χ2n) is 4.26. The van der Waals surface area contributed by atoms with Crippen molar-refractivity contribution >= 4 is 0 Å². The quantitative estimate of drug-likeness (QED) is 0.719. The van der Waals surface area contributed by atoms with Gasteiger partial charge in [0.15, 0.2) is 0 Å². The summed E-state index contributed by atoms with van der Waals surface area (Å²) in [5, 5.41) is 3.50. The largest absolute Gasteiger partial charge is 0.309 e. The van der Waals surface area contributed by atoms with Gasteiger partial charge in [0.25, 0.3) is 0 Å². The standard InChI is InChI=1S/C13H23N3/c1-4-5-6-7-8-14-11(2)13-12(3)15-9-10-16-13/h9-11,14H,4-8H2,1-3H3. The van der Waals surface area contributed by atoms with Crippen LogP contribution in [0.15, 0.2) is 12.4 Å². The summed E-state index contributed by atoms with van der Waals surface area (Å²) in [7, 11) is 0. The SMILES string of the molecule is CCCCCCNC(C)c1nccnc1C. The van der Waals surface area contributed by atoms with Crippen molar-refractivity contribution < 1.29 is 0 Å². The van der Waals surface area contributed by atoms with E-state index < -0.39 is 0 Å². The zero-order valence-corrected chi connectivity index (χ0v) is 10.7. The molecule has 0 saturated heterocycles. The number of hydrogen-bond acceptors (Lipinski definition) is 3. The highest BCUT2D eigenvalue weighted by Gasteiger charge is 2.08. The zero-order valence-electron chi connectivity index (χ0n) is 10.7. The predicted octanol–water partition coefficient (Wildman–Crippen LogP) is 3.02. The topological polar surface area (TPSA) is 37.8 Å². The Morgan fingerprint density at radius 3 is 2.62 bits per heavy atom. The van der Waals surface area contributed by atoms with Crippen molar-refractivity contribution in [3.8, 4) is 0 Å². The lowest BCUT2D eigenvalue weighted by molar-refractivity contribution is 0.524. The van der Waals surface area contributed by atoms with Crippen LogP contribution in [0.4, 0.5) is 0 Å². The third-order valence-corrected chi connectivity index (χ3v) is 2.81. The Morgan fingerprint density at radius 2 is 1.94 bits per heavy atom. The third kappa shape index (κ3) is 4.27. The number of hydrogen-bond donors (Lipinski definition) is 1. The molecular weight excluding hydrogens is 198 g/mol. The number of rotatable bonds is 7. The van der Waals surface area contributed by atoms with Gasteiger partial charge in [-0.15, -0.1) is 0 Å². The number of unbranched alkanes of at least 4 members (excludes halogenated alkanes) is 3. The molecule has 1 heterocycles. The molecule has 0 radical (unpaired) electrons. The Labute approximate surface area is 98.7 Å². The van der Waals surface area contributed by atoms with E-state index in [4.69, 9.17) is 0 Å². The normalized spacial score (nSPS) is 12.7. The molecule has 0 bridgehead atoms. The number of nitrogens with one attached hydrogen (secondary N) is 1. The average Bonchev–Trinajstić information content (AvgIpc) is 2.29. The van der Waals surface area contributed by atoms with E-state index in [0.717, 1.165) is 17.9 Å². The predicted molar refractivity (Wildman–Crippen MR) is 67.3 cm³/mol. The molecule has 0 aromatic carbocycles. The summed E-state index contributed by atoms with van der Waals surface area (Å²) in [5.41, 5.74) is 2.09. The molecule has 1 aromatic rings. The van der Waals surface area contributed by atoms with Crippen LogP contribution in [0, 0.1) is 6.92 Å². The minimum atomic E-state index is 0.301. The molecule has 0 saturated carbocycles. The van der Waals surface area contributed by atoms with E-state index in [1.54, 1.807) is 12.4 Å². The van der Waals surface area contributed by atoms with E-state index in [9.17, 15) is 0 Å². The van der Waals surface area contributed by atoms with Crippen molar-refractivity contribution in [3.63, 3.8) is 0 Å². The van der Waals surface area contributed by atoms with Crippen LogP contribution in [0.25, 0.3) is 0 Å². The van der Waals surface area contributed by atoms with Gasteiger partial charge in [0.05, 0.1) is 11.4 Å². The molecule has 0 aliphatic carbocycles. The molecule has 90 valence electrons. The molecule has 1 unspecified atom stereocenters. The number of nitrogens with zero attached hydrogens (tertiary/aromatic N) is 2. The molecule has 0 aliphatic heterocycles. The lowest BCUT2D eigenvalue weighted by Gasteiger charge is -2.14. The molecule has 1 N–H and O–H groups in total. The fourth-order valence-electron chi connectivity index (χ4n) is 1.81. The highest BCUT2D eigenvalue weighted by atomic mass is 14.9. The highest BCUT2D eigenvalue weighted by molar-refractivity contribution is 5.12. The van der Waals surface area contributed by atoms with Crippen molar-refractivity contribution in [2.45, 2.75) is 52.5 Å². The maximum absolute atomic E-state index is 4.37.